The minimum absolute atomic E-state index is 0.0149. The lowest BCUT2D eigenvalue weighted by atomic mass is 10.1. The third-order valence-electron chi connectivity index (χ3n) is 4.90. The molecule has 1 aliphatic rings. The molecule has 1 aliphatic heterocycles. The van der Waals surface area contributed by atoms with Crippen LogP contribution in [0.15, 0.2) is 38.6 Å². The number of aromatic nitrogens is 2. The molecule has 30 heavy (non-hydrogen) atoms. The van der Waals surface area contributed by atoms with E-state index in [4.69, 9.17) is 14.0 Å². The molecule has 0 radical (unpaired) electrons. The summed E-state index contributed by atoms with van der Waals surface area (Å²) in [5.41, 5.74) is 0.588. The number of hydrogen-bond acceptors (Lipinski definition) is 8. The monoisotopic (exact) mass is 492 g/mol. The Balaban J connectivity index is 1.34. The van der Waals surface area contributed by atoms with Gasteiger partial charge in [-0.1, -0.05) is 5.16 Å². The van der Waals surface area contributed by atoms with Crippen LogP contribution >= 0.6 is 27.3 Å². The number of methoxy groups -OCH3 is 2. The molecule has 8 nitrogen and oxygen atoms in total. The fourth-order valence-electron chi connectivity index (χ4n) is 3.30. The van der Waals surface area contributed by atoms with Crippen LogP contribution in [0.2, 0.25) is 0 Å². The standard InChI is InChI=1S/C20H21BrN4O4S/c1-27-15-4-3-13(9-16(15)28-2)20(26)25-7-5-24(6-8-25)11-18-22-19(23-29-18)17-10-14(21)12-30-17/h3-4,9-10,12H,5-8,11H2,1-2H3. The predicted molar refractivity (Wildman–Crippen MR) is 116 cm³/mol. The first-order valence-corrected chi connectivity index (χ1v) is 11.1. The average molecular weight is 493 g/mol. The molecular formula is C20H21BrN4O4S. The second-order valence-corrected chi connectivity index (χ2v) is 8.61. The van der Waals surface area contributed by atoms with Crippen LogP contribution in [0.5, 0.6) is 11.5 Å². The van der Waals surface area contributed by atoms with Crippen molar-refractivity contribution in [3.63, 3.8) is 0 Å². The fourth-order valence-corrected chi connectivity index (χ4v) is 4.65. The van der Waals surface area contributed by atoms with E-state index in [0.29, 0.717) is 48.4 Å². The van der Waals surface area contributed by atoms with Gasteiger partial charge in [-0.3, -0.25) is 9.69 Å². The molecule has 1 saturated heterocycles. The van der Waals surface area contributed by atoms with Gasteiger partial charge in [-0.25, -0.2) is 0 Å². The number of carbonyl (C=O) groups excluding carboxylic acids is 1. The molecule has 10 heteroatoms. The lowest BCUT2D eigenvalue weighted by Gasteiger charge is -2.34. The molecular weight excluding hydrogens is 472 g/mol. The lowest BCUT2D eigenvalue weighted by Crippen LogP contribution is -2.48. The first-order valence-electron chi connectivity index (χ1n) is 9.38. The van der Waals surface area contributed by atoms with Crippen LogP contribution in [0, 0.1) is 0 Å². The molecule has 0 bridgehead atoms. The fraction of sp³-hybridized carbons (Fsp3) is 0.350. The van der Waals surface area contributed by atoms with E-state index >= 15 is 0 Å². The number of rotatable bonds is 6. The predicted octanol–water partition coefficient (Wildman–Crippen LogP) is 3.54. The molecule has 0 atom stereocenters. The van der Waals surface area contributed by atoms with Gasteiger partial charge in [0, 0.05) is 41.6 Å². The maximum absolute atomic E-state index is 12.9. The number of amides is 1. The molecule has 1 fully saturated rings. The largest absolute Gasteiger partial charge is 0.493 e. The first kappa shape index (κ1) is 20.8. The smallest absolute Gasteiger partial charge is 0.254 e. The molecule has 4 rings (SSSR count). The zero-order valence-electron chi connectivity index (χ0n) is 16.6. The molecule has 0 N–H and O–H groups in total. The van der Waals surface area contributed by atoms with Crippen LogP contribution in [0.4, 0.5) is 0 Å². The normalized spacial score (nSPS) is 14.7. The van der Waals surface area contributed by atoms with Crippen molar-refractivity contribution in [2.24, 2.45) is 0 Å². The van der Waals surface area contributed by atoms with E-state index in [1.807, 2.05) is 16.3 Å². The van der Waals surface area contributed by atoms with Gasteiger partial charge in [0.15, 0.2) is 11.5 Å². The molecule has 0 saturated carbocycles. The van der Waals surface area contributed by atoms with Gasteiger partial charge < -0.3 is 18.9 Å². The van der Waals surface area contributed by atoms with Gasteiger partial charge >= 0.3 is 0 Å². The minimum Gasteiger partial charge on any atom is -0.493 e. The third kappa shape index (κ3) is 4.50. The Morgan fingerprint density at radius 1 is 1.17 bits per heavy atom. The minimum atomic E-state index is -0.0149. The number of ether oxygens (including phenoxy) is 2. The van der Waals surface area contributed by atoms with E-state index in [1.165, 1.54) is 0 Å². The van der Waals surface area contributed by atoms with E-state index in [-0.39, 0.29) is 5.91 Å². The molecule has 158 valence electrons. The number of carbonyl (C=O) groups is 1. The Kier molecular flexibility index (Phi) is 6.35. The van der Waals surface area contributed by atoms with Crippen molar-refractivity contribution in [3.05, 3.63) is 45.6 Å². The topological polar surface area (TPSA) is 80.9 Å². The summed E-state index contributed by atoms with van der Waals surface area (Å²) in [6, 6.07) is 7.20. The second kappa shape index (κ2) is 9.15. The summed E-state index contributed by atoms with van der Waals surface area (Å²) in [7, 11) is 3.13. The highest BCUT2D eigenvalue weighted by Crippen LogP contribution is 2.29. The molecule has 0 spiro atoms. The van der Waals surface area contributed by atoms with Crippen LogP contribution in [0.25, 0.3) is 10.7 Å². The summed E-state index contributed by atoms with van der Waals surface area (Å²) >= 11 is 5.00. The van der Waals surface area contributed by atoms with Crippen molar-refractivity contribution < 1.29 is 18.8 Å². The first-order chi connectivity index (χ1) is 14.6. The lowest BCUT2D eigenvalue weighted by molar-refractivity contribution is 0.0614. The Hall–Kier alpha value is -2.43. The zero-order valence-corrected chi connectivity index (χ0v) is 19.0. The number of hydrogen-bond donors (Lipinski definition) is 0. The number of benzene rings is 1. The van der Waals surface area contributed by atoms with Gasteiger partial charge in [0.25, 0.3) is 5.91 Å². The van der Waals surface area contributed by atoms with Gasteiger partial charge in [0.05, 0.1) is 25.6 Å². The Morgan fingerprint density at radius 3 is 2.60 bits per heavy atom. The molecule has 3 heterocycles. The van der Waals surface area contributed by atoms with Gasteiger partial charge in [-0.05, 0) is 40.2 Å². The second-order valence-electron chi connectivity index (χ2n) is 6.78. The Morgan fingerprint density at radius 2 is 1.93 bits per heavy atom. The molecule has 3 aromatic rings. The molecule has 1 aromatic carbocycles. The van der Waals surface area contributed by atoms with E-state index < -0.39 is 0 Å². The van der Waals surface area contributed by atoms with E-state index in [9.17, 15) is 4.79 Å². The Bertz CT molecular complexity index is 1030. The van der Waals surface area contributed by atoms with Crippen molar-refractivity contribution in [2.75, 3.05) is 40.4 Å². The van der Waals surface area contributed by atoms with Crippen LogP contribution in [0.3, 0.4) is 0 Å². The van der Waals surface area contributed by atoms with Crippen molar-refractivity contribution in [1.29, 1.82) is 0 Å². The van der Waals surface area contributed by atoms with Crippen molar-refractivity contribution in [2.45, 2.75) is 6.54 Å². The highest BCUT2D eigenvalue weighted by Gasteiger charge is 2.24. The summed E-state index contributed by atoms with van der Waals surface area (Å²) in [6.07, 6.45) is 0. The summed E-state index contributed by atoms with van der Waals surface area (Å²) in [5, 5.41) is 6.05. The quantitative estimate of drug-likeness (QED) is 0.520. The molecule has 0 unspecified atom stereocenters. The molecule has 1 amide bonds. The number of halogens is 1. The summed E-state index contributed by atoms with van der Waals surface area (Å²) in [4.78, 5) is 22.4. The maximum atomic E-state index is 12.9. The van der Waals surface area contributed by atoms with E-state index in [0.717, 1.165) is 22.4 Å². The highest BCUT2D eigenvalue weighted by atomic mass is 79.9. The maximum Gasteiger partial charge on any atom is 0.254 e. The van der Waals surface area contributed by atoms with Crippen molar-refractivity contribution in [1.82, 2.24) is 19.9 Å². The van der Waals surface area contributed by atoms with Crippen LogP contribution in [-0.2, 0) is 6.54 Å². The average Bonchev–Trinajstić information content (AvgIpc) is 3.42. The van der Waals surface area contributed by atoms with Crippen LogP contribution in [-0.4, -0.2) is 66.2 Å². The van der Waals surface area contributed by atoms with Gasteiger partial charge in [-0.2, -0.15) is 4.98 Å². The van der Waals surface area contributed by atoms with Gasteiger partial charge in [0.2, 0.25) is 11.7 Å². The molecule has 2 aromatic heterocycles. The van der Waals surface area contributed by atoms with Crippen molar-refractivity contribution in [3.8, 4) is 22.2 Å². The zero-order chi connectivity index (χ0) is 21.1. The summed E-state index contributed by atoms with van der Waals surface area (Å²) in [6.45, 7) is 3.30. The summed E-state index contributed by atoms with van der Waals surface area (Å²) in [5.74, 6) is 2.32. The van der Waals surface area contributed by atoms with Gasteiger partial charge in [0.1, 0.15) is 0 Å². The van der Waals surface area contributed by atoms with Crippen molar-refractivity contribution >= 4 is 33.2 Å². The van der Waals surface area contributed by atoms with Crippen LogP contribution < -0.4 is 9.47 Å². The third-order valence-corrected chi connectivity index (χ3v) is 6.59. The van der Waals surface area contributed by atoms with E-state index in [2.05, 4.69) is 31.0 Å². The number of piperazine rings is 1. The SMILES string of the molecule is COc1ccc(C(=O)N2CCN(Cc3nc(-c4cc(Br)cs4)no3)CC2)cc1OC. The number of thiophene rings is 1. The Labute approximate surface area is 186 Å². The highest BCUT2D eigenvalue weighted by molar-refractivity contribution is 9.10. The van der Waals surface area contributed by atoms with Gasteiger partial charge in [-0.15, -0.1) is 11.3 Å². The van der Waals surface area contributed by atoms with Crippen LogP contribution in [0.1, 0.15) is 16.2 Å². The summed E-state index contributed by atoms with van der Waals surface area (Å²) < 4.78 is 17.0. The number of nitrogens with zero attached hydrogens (tertiary/aromatic N) is 4. The molecule has 0 aliphatic carbocycles. The van der Waals surface area contributed by atoms with E-state index in [1.54, 1.807) is 43.8 Å².